The Morgan fingerprint density at radius 3 is 2.30 bits per heavy atom. The summed E-state index contributed by atoms with van der Waals surface area (Å²) in [4.78, 5) is 57.7. The van der Waals surface area contributed by atoms with E-state index in [1.54, 1.807) is 32.9 Å². The fourth-order valence-corrected chi connectivity index (χ4v) is 6.76. The Hall–Kier alpha value is -3.90. The fraction of sp³-hybridized carbons (Fsp3) is 0.455. The molecular formula is C33H39Cl2F2N5O5. The van der Waals surface area contributed by atoms with Crippen LogP contribution in [0.15, 0.2) is 30.3 Å². The van der Waals surface area contributed by atoms with Gasteiger partial charge >= 0.3 is 6.09 Å². The van der Waals surface area contributed by atoms with Crippen LogP contribution in [0.4, 0.5) is 13.6 Å². The van der Waals surface area contributed by atoms with Gasteiger partial charge in [0.1, 0.15) is 29.3 Å². The van der Waals surface area contributed by atoms with Gasteiger partial charge in [-0.15, -0.1) is 0 Å². The summed E-state index contributed by atoms with van der Waals surface area (Å²) in [6.07, 6.45) is -0.471. The number of nitrogens with two attached hydrogens (primary N) is 1. The highest BCUT2D eigenvalue weighted by Crippen LogP contribution is 2.38. The molecule has 10 nitrogen and oxygen atoms in total. The summed E-state index contributed by atoms with van der Waals surface area (Å²) in [7, 11) is 0. The molecule has 4 amide bonds. The first-order valence-electron chi connectivity index (χ1n) is 15.5. The number of benzene rings is 2. The summed E-state index contributed by atoms with van der Waals surface area (Å²) >= 11 is 12.8. The molecule has 2 aromatic carbocycles. The van der Waals surface area contributed by atoms with Crippen LogP contribution in [-0.2, 0) is 33.8 Å². The van der Waals surface area contributed by atoms with Gasteiger partial charge in [-0.25, -0.2) is 13.6 Å². The number of rotatable bonds is 12. The maximum atomic E-state index is 14.7. The number of aromatic nitrogens is 1. The Morgan fingerprint density at radius 2 is 1.72 bits per heavy atom. The number of amides is 4. The van der Waals surface area contributed by atoms with E-state index in [0.717, 1.165) is 23.9 Å². The second kappa shape index (κ2) is 14.5. The number of halogens is 4. The van der Waals surface area contributed by atoms with Gasteiger partial charge in [-0.3, -0.25) is 19.3 Å². The van der Waals surface area contributed by atoms with Crippen molar-refractivity contribution in [3.05, 3.63) is 68.8 Å². The van der Waals surface area contributed by atoms with Crippen molar-refractivity contribution in [1.29, 1.82) is 0 Å². The minimum absolute atomic E-state index is 0.0595. The molecule has 6 N–H and O–H groups in total. The predicted octanol–water partition coefficient (Wildman–Crippen LogP) is 5.71. The van der Waals surface area contributed by atoms with Crippen LogP contribution in [0, 0.1) is 23.5 Å². The zero-order valence-corrected chi connectivity index (χ0v) is 28.1. The summed E-state index contributed by atoms with van der Waals surface area (Å²) < 4.78 is 29.3. The number of hydrogen-bond donors (Lipinski definition) is 5. The average Bonchev–Trinajstić information content (AvgIpc) is 3.37. The maximum Gasteiger partial charge on any atom is 0.408 e. The Morgan fingerprint density at radius 1 is 1.09 bits per heavy atom. The summed E-state index contributed by atoms with van der Waals surface area (Å²) in [5.41, 5.74) is 5.50. The number of nitrogens with one attached hydrogen (secondary N) is 3. The average molecular weight is 695 g/mol. The summed E-state index contributed by atoms with van der Waals surface area (Å²) in [6.45, 7) is 6.23. The van der Waals surface area contributed by atoms with Gasteiger partial charge in [0.05, 0.1) is 17.1 Å². The first-order valence-corrected chi connectivity index (χ1v) is 16.2. The fourth-order valence-electron chi connectivity index (χ4n) is 6.22. The largest absolute Gasteiger partial charge is 0.465 e. The highest BCUT2D eigenvalue weighted by atomic mass is 35.5. The summed E-state index contributed by atoms with van der Waals surface area (Å²) in [5.74, 6) is -5.17. The standard InChI is InChI=1S/C33H39Cl2F2N5O5/c1-5-16(3)26(29(38)43)40-31(45)33(11-10-25-20(14-33)19-12-18(34)13-22(35)27(19)39-25)41-30(44)28(17(4)6-2)42(32(46)47)15-21-23(36)8-7-9-24(21)37/h7-9,12-13,16-17,26,28,39H,5-6,10-11,14-15H2,1-4H3,(H2,38,43)(H,40,45)(H,41,44)(H,46,47)/t16-,17?,26-,28?,33+/m0/s1. The number of carboxylic acid groups (broad SMARTS) is 1. The zero-order chi connectivity index (χ0) is 34.8. The molecule has 1 heterocycles. The van der Waals surface area contributed by atoms with E-state index in [1.807, 2.05) is 6.92 Å². The predicted molar refractivity (Wildman–Crippen MR) is 175 cm³/mol. The molecule has 1 aromatic heterocycles. The molecule has 0 saturated carbocycles. The SMILES string of the molecule is CCC(C)C(C(=O)N[C@]1(C(=O)N[C@H](C(N)=O)[C@@H](C)CC)CCc2[nH]c3c(Cl)cc(Cl)cc3c2C1)N(Cc1c(F)cccc1F)C(=O)O. The van der Waals surface area contributed by atoms with Crippen molar-refractivity contribution in [2.45, 2.75) is 84.0 Å². The molecule has 0 bridgehead atoms. The van der Waals surface area contributed by atoms with Crippen LogP contribution < -0.4 is 16.4 Å². The lowest BCUT2D eigenvalue weighted by Gasteiger charge is -2.41. The number of aromatic amines is 1. The molecule has 3 aromatic rings. The van der Waals surface area contributed by atoms with E-state index in [9.17, 15) is 33.1 Å². The van der Waals surface area contributed by atoms with Gasteiger partial charge in [-0.1, -0.05) is 69.8 Å². The quantitative estimate of drug-likeness (QED) is 0.164. The molecule has 0 aliphatic heterocycles. The van der Waals surface area contributed by atoms with Crippen LogP contribution in [0.25, 0.3) is 10.9 Å². The molecule has 4 rings (SSSR count). The number of aryl methyl sites for hydroxylation is 1. The molecular weight excluding hydrogens is 655 g/mol. The Kier molecular flexibility index (Phi) is 11.1. The van der Waals surface area contributed by atoms with Gasteiger partial charge in [-0.2, -0.15) is 0 Å². The summed E-state index contributed by atoms with van der Waals surface area (Å²) in [6, 6.07) is 3.92. The van der Waals surface area contributed by atoms with E-state index in [1.165, 1.54) is 0 Å². The number of carbonyl (C=O) groups is 4. The third-order valence-electron chi connectivity index (χ3n) is 9.33. The van der Waals surface area contributed by atoms with Crippen molar-refractivity contribution in [2.75, 3.05) is 0 Å². The second-order valence-corrected chi connectivity index (χ2v) is 13.2. The van der Waals surface area contributed by atoms with Crippen LogP contribution in [0.3, 0.4) is 0 Å². The van der Waals surface area contributed by atoms with Crippen molar-refractivity contribution in [1.82, 2.24) is 20.5 Å². The first kappa shape index (κ1) is 35.9. The van der Waals surface area contributed by atoms with Gasteiger partial charge in [0, 0.05) is 28.1 Å². The summed E-state index contributed by atoms with van der Waals surface area (Å²) in [5, 5.41) is 17.2. The number of fused-ring (bicyclic) bond motifs is 3. The van der Waals surface area contributed by atoms with Gasteiger partial charge in [-0.05, 0) is 54.5 Å². The highest BCUT2D eigenvalue weighted by molar-refractivity contribution is 6.38. The van der Waals surface area contributed by atoms with Gasteiger partial charge in [0.15, 0.2) is 0 Å². The second-order valence-electron chi connectivity index (χ2n) is 12.3. The third-order valence-corrected chi connectivity index (χ3v) is 9.84. The lowest BCUT2D eigenvalue weighted by molar-refractivity contribution is -0.139. The Bertz CT molecular complexity index is 1680. The molecule has 5 atom stereocenters. The number of nitrogens with zero attached hydrogens (tertiary/aromatic N) is 1. The lowest BCUT2D eigenvalue weighted by atomic mass is 9.78. The normalized spacial score (nSPS) is 18.5. The number of primary amides is 1. The number of hydrogen-bond acceptors (Lipinski definition) is 4. The molecule has 254 valence electrons. The topological polar surface area (TPSA) is 158 Å². The number of carbonyl (C=O) groups excluding carboxylic acids is 3. The molecule has 1 aliphatic carbocycles. The molecule has 2 unspecified atom stereocenters. The van der Waals surface area contributed by atoms with Crippen LogP contribution in [0.5, 0.6) is 0 Å². The van der Waals surface area contributed by atoms with E-state index < -0.39 is 71.1 Å². The van der Waals surface area contributed by atoms with Gasteiger partial charge in [0.25, 0.3) is 0 Å². The van der Waals surface area contributed by atoms with Crippen molar-refractivity contribution < 1.29 is 33.1 Å². The molecule has 14 heteroatoms. The Labute approximate surface area is 281 Å². The van der Waals surface area contributed by atoms with Crippen molar-refractivity contribution in [3.8, 4) is 0 Å². The highest BCUT2D eigenvalue weighted by Gasteiger charge is 2.48. The molecule has 0 fully saturated rings. The van der Waals surface area contributed by atoms with Gasteiger partial charge < -0.3 is 26.5 Å². The van der Waals surface area contributed by atoms with E-state index >= 15 is 0 Å². The monoisotopic (exact) mass is 693 g/mol. The van der Waals surface area contributed by atoms with E-state index in [4.69, 9.17) is 28.9 Å². The van der Waals surface area contributed by atoms with E-state index in [2.05, 4.69) is 15.6 Å². The zero-order valence-electron chi connectivity index (χ0n) is 26.6. The lowest BCUT2D eigenvalue weighted by Crippen LogP contribution is -2.67. The molecule has 1 aliphatic rings. The van der Waals surface area contributed by atoms with Crippen LogP contribution >= 0.6 is 23.2 Å². The van der Waals surface area contributed by atoms with Crippen molar-refractivity contribution in [2.24, 2.45) is 17.6 Å². The maximum absolute atomic E-state index is 14.7. The Balaban J connectivity index is 1.81. The molecule has 47 heavy (non-hydrogen) atoms. The molecule has 0 radical (unpaired) electrons. The minimum Gasteiger partial charge on any atom is -0.465 e. The molecule has 0 spiro atoms. The minimum atomic E-state index is -1.69. The third kappa shape index (κ3) is 7.33. The van der Waals surface area contributed by atoms with Crippen LogP contribution in [-0.4, -0.2) is 56.4 Å². The molecule has 0 saturated heterocycles. The smallest absolute Gasteiger partial charge is 0.408 e. The van der Waals surface area contributed by atoms with Crippen LogP contribution in [0.1, 0.15) is 63.8 Å². The first-order chi connectivity index (χ1) is 22.1. The van der Waals surface area contributed by atoms with E-state index in [0.29, 0.717) is 44.3 Å². The van der Waals surface area contributed by atoms with Crippen LogP contribution in [0.2, 0.25) is 10.0 Å². The van der Waals surface area contributed by atoms with Crippen molar-refractivity contribution in [3.63, 3.8) is 0 Å². The van der Waals surface area contributed by atoms with E-state index in [-0.39, 0.29) is 25.2 Å². The van der Waals surface area contributed by atoms with Gasteiger partial charge in [0.2, 0.25) is 17.7 Å². The van der Waals surface area contributed by atoms with Crippen molar-refractivity contribution >= 4 is 57.9 Å². The number of H-pyrrole nitrogens is 1.